The number of ether oxygens (including phenoxy) is 3. The van der Waals surface area contributed by atoms with Gasteiger partial charge in [0.1, 0.15) is 0 Å². The number of carbonyl (C=O) groups excluding carboxylic acids is 1. The van der Waals surface area contributed by atoms with E-state index in [4.69, 9.17) is 26.4 Å². The number of hydrogen-bond acceptors (Lipinski definition) is 6. The number of amides is 1. The molecule has 4 rings (SSSR count). The number of nitrogens with one attached hydrogen (secondary N) is 2. The highest BCUT2D eigenvalue weighted by Gasteiger charge is 2.18. The summed E-state index contributed by atoms with van der Waals surface area (Å²) >= 11 is 5.28. The van der Waals surface area contributed by atoms with Gasteiger partial charge in [-0.3, -0.25) is 14.2 Å². The van der Waals surface area contributed by atoms with Crippen LogP contribution in [0.4, 0.5) is 0 Å². The zero-order chi connectivity index (χ0) is 18.1. The molecule has 1 fully saturated rings. The van der Waals surface area contributed by atoms with Crippen LogP contribution in [0.5, 0.6) is 11.5 Å². The molecule has 3 heterocycles. The quantitative estimate of drug-likeness (QED) is 0.767. The second kappa shape index (κ2) is 7.08. The van der Waals surface area contributed by atoms with Crippen molar-refractivity contribution in [2.45, 2.75) is 31.9 Å². The largest absolute Gasteiger partial charge is 0.454 e. The molecule has 0 spiro atoms. The van der Waals surface area contributed by atoms with E-state index in [9.17, 15) is 9.59 Å². The number of hydrogen-bond donors (Lipinski definition) is 2. The van der Waals surface area contributed by atoms with E-state index >= 15 is 0 Å². The SMILES string of the molecule is O=C(CCn1c(=S)[nH]c2cc3c(cc2c1=O)OCO3)NCC1CCCO1. The molecule has 1 aromatic heterocycles. The van der Waals surface area contributed by atoms with E-state index in [1.807, 2.05) is 0 Å². The van der Waals surface area contributed by atoms with Gasteiger partial charge >= 0.3 is 0 Å². The van der Waals surface area contributed by atoms with E-state index in [2.05, 4.69) is 10.3 Å². The van der Waals surface area contributed by atoms with Crippen LogP contribution in [0.2, 0.25) is 0 Å². The highest BCUT2D eigenvalue weighted by Crippen LogP contribution is 2.34. The predicted molar refractivity (Wildman–Crippen MR) is 96.1 cm³/mol. The van der Waals surface area contributed by atoms with Crippen molar-refractivity contribution in [3.05, 3.63) is 27.3 Å². The van der Waals surface area contributed by atoms with Crippen molar-refractivity contribution in [2.24, 2.45) is 0 Å². The molecule has 1 atom stereocenters. The maximum atomic E-state index is 12.8. The number of rotatable bonds is 5. The molecule has 1 amide bonds. The predicted octanol–water partition coefficient (Wildman–Crippen LogP) is 1.47. The Bertz CT molecular complexity index is 961. The molecule has 1 aromatic carbocycles. The van der Waals surface area contributed by atoms with Gasteiger partial charge in [0.15, 0.2) is 16.3 Å². The molecule has 2 aliphatic heterocycles. The second-order valence-electron chi connectivity index (χ2n) is 6.33. The first-order valence-corrected chi connectivity index (χ1v) is 8.97. The van der Waals surface area contributed by atoms with Gasteiger partial charge < -0.3 is 24.5 Å². The molecule has 0 bridgehead atoms. The number of nitrogens with zero attached hydrogens (tertiary/aromatic N) is 1. The molecule has 138 valence electrons. The zero-order valence-corrected chi connectivity index (χ0v) is 14.9. The summed E-state index contributed by atoms with van der Waals surface area (Å²) in [4.78, 5) is 27.8. The standard InChI is InChI=1S/C17H19N3O5S/c21-15(18-8-10-2-1-5-23-10)3-4-20-16(22)11-6-13-14(25-9-24-13)7-12(11)19-17(20)26/h6-7,10H,1-5,8-9H2,(H,18,21)(H,19,26). The lowest BCUT2D eigenvalue weighted by Crippen LogP contribution is -2.33. The average molecular weight is 377 g/mol. The van der Waals surface area contributed by atoms with Crippen molar-refractivity contribution in [3.8, 4) is 11.5 Å². The molecular formula is C17H19N3O5S. The van der Waals surface area contributed by atoms with Crippen LogP contribution in [0.15, 0.2) is 16.9 Å². The minimum Gasteiger partial charge on any atom is -0.454 e. The Labute approximate surface area is 154 Å². The van der Waals surface area contributed by atoms with Crippen LogP contribution in [-0.4, -0.2) is 41.5 Å². The van der Waals surface area contributed by atoms with E-state index in [0.717, 1.165) is 19.4 Å². The number of carbonyl (C=O) groups is 1. The molecule has 1 unspecified atom stereocenters. The molecule has 2 aliphatic rings. The zero-order valence-electron chi connectivity index (χ0n) is 14.1. The first-order chi connectivity index (χ1) is 12.6. The maximum absolute atomic E-state index is 12.8. The van der Waals surface area contributed by atoms with Gasteiger partial charge in [-0.2, -0.15) is 0 Å². The maximum Gasteiger partial charge on any atom is 0.262 e. The van der Waals surface area contributed by atoms with Crippen LogP contribution < -0.4 is 20.3 Å². The normalized spacial score (nSPS) is 18.4. The number of fused-ring (bicyclic) bond motifs is 2. The van der Waals surface area contributed by atoms with Crippen molar-refractivity contribution in [3.63, 3.8) is 0 Å². The van der Waals surface area contributed by atoms with Gasteiger partial charge in [0.2, 0.25) is 12.7 Å². The van der Waals surface area contributed by atoms with Crippen molar-refractivity contribution in [2.75, 3.05) is 19.9 Å². The Hall–Kier alpha value is -2.39. The van der Waals surface area contributed by atoms with E-state index < -0.39 is 0 Å². The van der Waals surface area contributed by atoms with E-state index in [0.29, 0.717) is 28.9 Å². The second-order valence-corrected chi connectivity index (χ2v) is 6.71. The van der Waals surface area contributed by atoms with Crippen LogP contribution in [0, 0.1) is 4.77 Å². The summed E-state index contributed by atoms with van der Waals surface area (Å²) in [6.07, 6.45) is 2.25. The molecule has 8 nitrogen and oxygen atoms in total. The van der Waals surface area contributed by atoms with E-state index in [1.165, 1.54) is 4.57 Å². The third-order valence-electron chi connectivity index (χ3n) is 4.59. The lowest BCUT2D eigenvalue weighted by atomic mass is 10.2. The fraction of sp³-hybridized carbons (Fsp3) is 0.471. The van der Waals surface area contributed by atoms with Crippen molar-refractivity contribution in [1.82, 2.24) is 14.9 Å². The molecule has 1 saturated heterocycles. The average Bonchev–Trinajstić information content (AvgIpc) is 3.29. The molecule has 9 heteroatoms. The van der Waals surface area contributed by atoms with Gasteiger partial charge in [0.25, 0.3) is 5.56 Å². The lowest BCUT2D eigenvalue weighted by Gasteiger charge is -2.12. The first-order valence-electron chi connectivity index (χ1n) is 8.56. The third kappa shape index (κ3) is 3.32. The Morgan fingerprint density at radius 3 is 2.92 bits per heavy atom. The Morgan fingerprint density at radius 2 is 2.15 bits per heavy atom. The highest BCUT2D eigenvalue weighted by atomic mass is 32.1. The topological polar surface area (TPSA) is 94.6 Å². The highest BCUT2D eigenvalue weighted by molar-refractivity contribution is 7.71. The van der Waals surface area contributed by atoms with E-state index in [-0.39, 0.29) is 42.1 Å². The van der Waals surface area contributed by atoms with Gasteiger partial charge in [0.05, 0.1) is 17.0 Å². The molecular weight excluding hydrogens is 358 g/mol. The van der Waals surface area contributed by atoms with Crippen molar-refractivity contribution < 1.29 is 19.0 Å². The number of aromatic amines is 1. The Morgan fingerprint density at radius 1 is 1.35 bits per heavy atom. The molecule has 26 heavy (non-hydrogen) atoms. The summed E-state index contributed by atoms with van der Waals surface area (Å²) in [5, 5.41) is 3.29. The fourth-order valence-corrected chi connectivity index (χ4v) is 3.46. The van der Waals surface area contributed by atoms with Crippen molar-refractivity contribution in [1.29, 1.82) is 0 Å². The summed E-state index contributed by atoms with van der Waals surface area (Å²) in [6, 6.07) is 3.34. The van der Waals surface area contributed by atoms with Crippen LogP contribution in [0.1, 0.15) is 19.3 Å². The molecule has 0 radical (unpaired) electrons. The van der Waals surface area contributed by atoms with Crippen molar-refractivity contribution >= 4 is 29.0 Å². The minimum absolute atomic E-state index is 0.0921. The van der Waals surface area contributed by atoms with Gasteiger partial charge in [-0.05, 0) is 31.1 Å². The Balaban J connectivity index is 1.49. The summed E-state index contributed by atoms with van der Waals surface area (Å²) < 4.78 is 17.8. The summed E-state index contributed by atoms with van der Waals surface area (Å²) in [5.41, 5.74) is 0.331. The summed E-state index contributed by atoms with van der Waals surface area (Å²) in [7, 11) is 0. The summed E-state index contributed by atoms with van der Waals surface area (Å²) in [6.45, 7) is 1.59. The number of aromatic nitrogens is 2. The Kier molecular flexibility index (Phi) is 4.64. The number of benzene rings is 1. The monoisotopic (exact) mass is 377 g/mol. The van der Waals surface area contributed by atoms with Crippen LogP contribution >= 0.6 is 12.2 Å². The van der Waals surface area contributed by atoms with Crippen LogP contribution in [-0.2, 0) is 16.1 Å². The summed E-state index contributed by atoms with van der Waals surface area (Å²) in [5.74, 6) is 0.974. The van der Waals surface area contributed by atoms with Crippen LogP contribution in [0.25, 0.3) is 10.9 Å². The van der Waals surface area contributed by atoms with Gasteiger partial charge in [-0.15, -0.1) is 0 Å². The fourth-order valence-electron chi connectivity index (χ4n) is 3.18. The van der Waals surface area contributed by atoms with Gasteiger partial charge in [0, 0.05) is 32.2 Å². The van der Waals surface area contributed by atoms with Gasteiger partial charge in [-0.1, -0.05) is 0 Å². The van der Waals surface area contributed by atoms with E-state index in [1.54, 1.807) is 12.1 Å². The van der Waals surface area contributed by atoms with Gasteiger partial charge in [-0.25, -0.2) is 0 Å². The third-order valence-corrected chi connectivity index (χ3v) is 4.91. The molecule has 0 aliphatic carbocycles. The minimum atomic E-state index is -0.256. The lowest BCUT2D eigenvalue weighted by molar-refractivity contribution is -0.121. The van der Waals surface area contributed by atoms with Crippen LogP contribution in [0.3, 0.4) is 0 Å². The molecule has 2 aromatic rings. The first kappa shape index (κ1) is 17.0. The number of H-pyrrole nitrogens is 1. The molecule has 2 N–H and O–H groups in total. The smallest absolute Gasteiger partial charge is 0.262 e. The molecule has 0 saturated carbocycles.